The van der Waals surface area contributed by atoms with Gasteiger partial charge in [-0.1, -0.05) is 0 Å². The van der Waals surface area contributed by atoms with Crippen LogP contribution in [0.4, 0.5) is 0 Å². The maximum absolute atomic E-state index is 10.1. The van der Waals surface area contributed by atoms with Gasteiger partial charge >= 0.3 is 115 Å². The Balaban J connectivity index is -0.000000845. The summed E-state index contributed by atoms with van der Waals surface area (Å²) in [6, 6.07) is 0. The minimum absolute atomic E-state index is 0. The van der Waals surface area contributed by atoms with E-state index in [2.05, 4.69) is 0 Å². The molecule has 10 heteroatoms. The van der Waals surface area contributed by atoms with Crippen LogP contribution in [0.3, 0.4) is 0 Å². The van der Waals surface area contributed by atoms with Gasteiger partial charge in [0.1, 0.15) is 12.2 Å². The van der Waals surface area contributed by atoms with Crippen molar-refractivity contribution in [3.63, 3.8) is 0 Å². The van der Waals surface area contributed by atoms with E-state index in [0.29, 0.717) is 0 Å². The van der Waals surface area contributed by atoms with Gasteiger partial charge in [-0.15, -0.1) is 0 Å². The van der Waals surface area contributed by atoms with E-state index in [4.69, 9.17) is 30.6 Å². The Morgan fingerprint density at radius 3 is 1.00 bits per heavy atom. The number of carboxylic acid groups (broad SMARTS) is 2. The van der Waals surface area contributed by atoms with E-state index in [1.807, 2.05) is 0 Å². The molecule has 0 aliphatic rings. The molecule has 86 valence electrons. The average molecular weight is 290 g/mol. The Morgan fingerprint density at radius 2 is 0.875 bits per heavy atom. The zero-order chi connectivity index (χ0) is 11.5. The number of aliphatic hydroxyl groups excluding tert-OH is 4. The van der Waals surface area contributed by atoms with Crippen molar-refractivity contribution in [2.75, 3.05) is 0 Å². The van der Waals surface area contributed by atoms with Crippen molar-refractivity contribution in [2.24, 2.45) is 0 Å². The van der Waals surface area contributed by atoms with Gasteiger partial charge in [-0.25, -0.2) is 9.59 Å². The second-order valence-corrected chi connectivity index (χ2v) is 2.55. The van der Waals surface area contributed by atoms with Crippen LogP contribution in [-0.4, -0.2) is 170 Å². The van der Waals surface area contributed by atoms with Crippen molar-refractivity contribution in [2.45, 2.75) is 24.4 Å². The molecule has 0 saturated heterocycles. The molecule has 8 nitrogen and oxygen atoms in total. The Labute approximate surface area is 175 Å². The summed E-state index contributed by atoms with van der Waals surface area (Å²) < 4.78 is 0. The topological polar surface area (TPSA) is 156 Å². The van der Waals surface area contributed by atoms with Crippen molar-refractivity contribution in [1.82, 2.24) is 0 Å². The molecule has 0 saturated carbocycles. The zero-order valence-electron chi connectivity index (χ0n) is 6.81. The van der Waals surface area contributed by atoms with Gasteiger partial charge in [-0.05, 0) is 0 Å². The third-order valence-corrected chi connectivity index (χ3v) is 1.50. The summed E-state index contributed by atoms with van der Waals surface area (Å²) in [5.41, 5.74) is 0. The molecular weight excluding hydrogens is 278 g/mol. The summed E-state index contributed by atoms with van der Waals surface area (Å²) in [6.07, 6.45) is -9.28. The van der Waals surface area contributed by atoms with Crippen molar-refractivity contribution in [3.05, 3.63) is 0 Å². The van der Waals surface area contributed by atoms with Crippen LogP contribution >= 0.6 is 0 Å². The predicted octanol–water partition coefficient (Wildman–Crippen LogP) is -4.70. The molecule has 0 rings (SSSR count). The summed E-state index contributed by atoms with van der Waals surface area (Å²) in [5.74, 6) is -3.68. The van der Waals surface area contributed by atoms with Crippen molar-refractivity contribution < 1.29 is 40.2 Å². The van der Waals surface area contributed by atoms with E-state index >= 15 is 0 Å². The summed E-state index contributed by atoms with van der Waals surface area (Å²) in [7, 11) is 0. The molecule has 0 amide bonds. The molecule has 0 aromatic rings. The van der Waals surface area contributed by atoms with Crippen LogP contribution in [0.5, 0.6) is 0 Å². The quantitative estimate of drug-likeness (QED) is 0.276. The molecular formula is C6H12K2O8. The van der Waals surface area contributed by atoms with Gasteiger partial charge in [0.2, 0.25) is 0 Å². The van der Waals surface area contributed by atoms with E-state index in [-0.39, 0.29) is 103 Å². The molecule has 0 spiro atoms. The summed E-state index contributed by atoms with van der Waals surface area (Å²) in [6.45, 7) is 0. The molecule has 0 aliphatic heterocycles. The fraction of sp³-hybridized carbons (Fsp3) is 0.667. The first-order valence-electron chi connectivity index (χ1n) is 3.47. The van der Waals surface area contributed by atoms with Gasteiger partial charge in [-0.3, -0.25) is 0 Å². The zero-order valence-corrected chi connectivity index (χ0v) is 6.81. The standard InChI is InChI=1S/C6H10O8.2K.2H/c7-1(3(9)5(11)12)2(8)4(10)6(13)14;;;;/h1-4,7-10H,(H,11,12)(H,13,14);;;;/t1-,2-,3-,4+;;;;/m0..../s1. The summed E-state index contributed by atoms with van der Waals surface area (Å²) in [4.78, 5) is 20.2. The fourth-order valence-electron chi connectivity index (χ4n) is 0.666. The molecule has 6 N–H and O–H groups in total. The molecule has 0 bridgehead atoms. The van der Waals surface area contributed by atoms with Crippen molar-refractivity contribution >= 4 is 115 Å². The van der Waals surface area contributed by atoms with Crippen LogP contribution < -0.4 is 0 Å². The van der Waals surface area contributed by atoms with Crippen LogP contribution in [0, 0.1) is 0 Å². The van der Waals surface area contributed by atoms with Gasteiger partial charge in [0, 0.05) is 0 Å². The van der Waals surface area contributed by atoms with Crippen molar-refractivity contribution in [1.29, 1.82) is 0 Å². The van der Waals surface area contributed by atoms with Crippen LogP contribution in [0.2, 0.25) is 0 Å². The first-order valence-corrected chi connectivity index (χ1v) is 3.47. The van der Waals surface area contributed by atoms with E-state index in [1.54, 1.807) is 0 Å². The molecule has 0 heterocycles. The van der Waals surface area contributed by atoms with Crippen LogP contribution in [-0.2, 0) is 9.59 Å². The number of carboxylic acids is 2. The second kappa shape index (κ2) is 10.9. The van der Waals surface area contributed by atoms with Gasteiger partial charge in [0.05, 0.1) is 0 Å². The normalized spacial score (nSPS) is 17.0. The maximum atomic E-state index is 10.1. The molecule has 0 unspecified atom stereocenters. The van der Waals surface area contributed by atoms with Gasteiger partial charge in [0.25, 0.3) is 0 Å². The third kappa shape index (κ3) is 7.48. The van der Waals surface area contributed by atoms with Gasteiger partial charge < -0.3 is 30.6 Å². The molecule has 0 aliphatic carbocycles. The summed E-state index contributed by atoms with van der Waals surface area (Å²) in [5, 5.41) is 51.5. The third-order valence-electron chi connectivity index (χ3n) is 1.50. The Bertz CT molecular complexity index is 211. The molecule has 16 heavy (non-hydrogen) atoms. The molecule has 0 radical (unpaired) electrons. The fourth-order valence-corrected chi connectivity index (χ4v) is 0.666. The van der Waals surface area contributed by atoms with E-state index in [0.717, 1.165) is 0 Å². The number of aliphatic carboxylic acids is 2. The number of aliphatic hydroxyl groups is 4. The van der Waals surface area contributed by atoms with Crippen LogP contribution in [0.25, 0.3) is 0 Å². The second-order valence-electron chi connectivity index (χ2n) is 2.55. The first-order chi connectivity index (χ1) is 6.29. The number of hydrogen-bond donors (Lipinski definition) is 6. The number of carbonyl (C=O) groups is 2. The first kappa shape index (κ1) is 23.2. The molecule has 4 atom stereocenters. The Morgan fingerprint density at radius 1 is 0.688 bits per heavy atom. The summed E-state index contributed by atoms with van der Waals surface area (Å²) >= 11 is 0. The average Bonchev–Trinajstić information content (AvgIpc) is 2.12. The van der Waals surface area contributed by atoms with E-state index in [1.165, 1.54) is 0 Å². The predicted molar refractivity (Wildman–Crippen MR) is 53.6 cm³/mol. The van der Waals surface area contributed by atoms with E-state index < -0.39 is 36.4 Å². The van der Waals surface area contributed by atoms with Gasteiger partial charge in [0.15, 0.2) is 12.2 Å². The molecule has 0 aromatic carbocycles. The SMILES string of the molecule is O=C(O)[C@@H](O)[C@@H](O)[C@H](O)[C@@H](O)C(=O)O.[KH].[KH]. The van der Waals surface area contributed by atoms with Crippen LogP contribution in [0.1, 0.15) is 0 Å². The van der Waals surface area contributed by atoms with E-state index in [9.17, 15) is 9.59 Å². The minimum atomic E-state index is -2.36. The molecule has 0 aromatic heterocycles. The molecule has 0 fully saturated rings. The Kier molecular flexibility index (Phi) is 15.8. The van der Waals surface area contributed by atoms with Crippen LogP contribution in [0.15, 0.2) is 0 Å². The number of rotatable bonds is 5. The number of hydrogen-bond acceptors (Lipinski definition) is 6. The Hall–Kier alpha value is 2.05. The van der Waals surface area contributed by atoms with Crippen molar-refractivity contribution in [3.8, 4) is 0 Å². The van der Waals surface area contributed by atoms with Gasteiger partial charge in [-0.2, -0.15) is 0 Å². The monoisotopic (exact) mass is 290 g/mol.